The fourth-order valence-electron chi connectivity index (χ4n) is 7.49. The van der Waals surface area contributed by atoms with E-state index in [0.29, 0.717) is 19.4 Å². The van der Waals surface area contributed by atoms with E-state index >= 15 is 0 Å². The van der Waals surface area contributed by atoms with Gasteiger partial charge in [-0.1, -0.05) is 55.7 Å². The minimum Gasteiger partial charge on any atom is -0.481 e. The molecule has 6 atom stereocenters. The maximum absolute atomic E-state index is 14.6. The highest BCUT2D eigenvalue weighted by atomic mass is 32.2. The van der Waals surface area contributed by atoms with Crippen molar-refractivity contribution in [3.05, 3.63) is 48.6 Å². The lowest BCUT2D eigenvalue weighted by Gasteiger charge is -2.42. The van der Waals surface area contributed by atoms with E-state index < -0.39 is 39.4 Å². The number of hydrogen-bond donors (Lipinski definition) is 2. The van der Waals surface area contributed by atoms with Crippen LogP contribution in [0.2, 0.25) is 0 Å². The largest absolute Gasteiger partial charge is 0.481 e. The van der Waals surface area contributed by atoms with Crippen LogP contribution in [0, 0.1) is 11.8 Å². The van der Waals surface area contributed by atoms with E-state index in [9.17, 15) is 24.6 Å². The molecule has 3 aliphatic heterocycles. The third-order valence-electron chi connectivity index (χ3n) is 9.03. The van der Waals surface area contributed by atoms with Crippen molar-refractivity contribution in [3.8, 4) is 0 Å². The Morgan fingerprint density at radius 3 is 2.53 bits per heavy atom. The van der Waals surface area contributed by atoms with Crippen LogP contribution in [0.3, 0.4) is 0 Å². The molecule has 7 nitrogen and oxygen atoms in total. The quantitative estimate of drug-likeness (QED) is 0.516. The second kappa shape index (κ2) is 9.53. The van der Waals surface area contributed by atoms with Crippen molar-refractivity contribution in [2.24, 2.45) is 11.8 Å². The first-order valence-corrected chi connectivity index (χ1v) is 13.9. The van der Waals surface area contributed by atoms with Gasteiger partial charge in [0.15, 0.2) is 0 Å². The summed E-state index contributed by atoms with van der Waals surface area (Å²) in [6, 6.07) is 7.81. The first-order chi connectivity index (χ1) is 17.3. The Balaban J connectivity index is 1.63. The van der Waals surface area contributed by atoms with Crippen molar-refractivity contribution in [3.63, 3.8) is 0 Å². The summed E-state index contributed by atoms with van der Waals surface area (Å²) in [5, 5.41) is 20.8. The zero-order chi connectivity index (χ0) is 25.7. The average molecular weight is 513 g/mol. The van der Waals surface area contributed by atoms with Crippen LogP contribution in [-0.2, 0) is 14.4 Å². The number of aliphatic carboxylic acids is 1. The number of aliphatic hydroxyl groups excluding tert-OH is 1. The number of likely N-dealkylation sites (tertiary alicyclic amines) is 1. The van der Waals surface area contributed by atoms with Crippen molar-refractivity contribution >= 4 is 29.5 Å². The minimum atomic E-state index is -0.978. The van der Waals surface area contributed by atoms with Crippen molar-refractivity contribution in [2.75, 3.05) is 13.2 Å². The molecule has 36 heavy (non-hydrogen) atoms. The topological polar surface area (TPSA) is 98.2 Å². The third-order valence-corrected chi connectivity index (χ3v) is 11.0. The van der Waals surface area contributed by atoms with Gasteiger partial charge in [0.1, 0.15) is 6.04 Å². The number of carbonyl (C=O) groups excluding carboxylic acids is 2. The van der Waals surface area contributed by atoms with Gasteiger partial charge in [-0.2, -0.15) is 0 Å². The predicted octanol–water partition coefficient (Wildman–Crippen LogP) is 3.63. The number of benzene rings is 1. The number of fused-ring (bicyclic) bond motifs is 1. The predicted molar refractivity (Wildman–Crippen MR) is 138 cm³/mol. The number of carboxylic acid groups (broad SMARTS) is 1. The molecule has 2 bridgehead atoms. The van der Waals surface area contributed by atoms with Crippen molar-refractivity contribution in [1.29, 1.82) is 0 Å². The molecule has 2 unspecified atom stereocenters. The molecule has 2 N–H and O–H groups in total. The second-order valence-electron chi connectivity index (χ2n) is 11.0. The van der Waals surface area contributed by atoms with Crippen LogP contribution in [0.5, 0.6) is 0 Å². The van der Waals surface area contributed by atoms with E-state index in [-0.39, 0.29) is 24.5 Å². The summed E-state index contributed by atoms with van der Waals surface area (Å²) in [5.74, 6) is -3.07. The van der Waals surface area contributed by atoms with Gasteiger partial charge in [-0.15, -0.1) is 18.3 Å². The summed E-state index contributed by atoms with van der Waals surface area (Å²) < 4.78 is -1.41. The normalized spacial score (nSPS) is 34.4. The van der Waals surface area contributed by atoms with Gasteiger partial charge in [0.2, 0.25) is 11.8 Å². The van der Waals surface area contributed by atoms with Crippen molar-refractivity contribution in [2.45, 2.75) is 79.5 Å². The van der Waals surface area contributed by atoms with E-state index in [4.69, 9.17) is 0 Å². The standard InChI is InChI=1S/C28H36N2O5S/c1-3-16-29(19-12-8-5-9-13-19)25(33)23-28-15-14-27(2,36-28)22(26(34)35)21(28)24(32)30(23)20(17-31)18-10-6-4-7-11-18/h3-4,6-7,10-11,19-23,31H,1,5,8-9,12-17H2,2H3,(H,34,35)/t20-,21+,22+,23?,27-,28?/m1/s1. The Morgan fingerprint density at radius 2 is 1.92 bits per heavy atom. The van der Waals surface area contributed by atoms with Gasteiger partial charge in [-0.25, -0.2) is 0 Å². The lowest BCUT2D eigenvalue weighted by atomic mass is 9.66. The van der Waals surface area contributed by atoms with E-state index in [0.717, 1.165) is 37.7 Å². The molecular formula is C28H36N2O5S. The summed E-state index contributed by atoms with van der Waals surface area (Å²) in [5.41, 5.74) is 0.744. The van der Waals surface area contributed by atoms with Crippen LogP contribution in [-0.4, -0.2) is 72.5 Å². The number of aliphatic hydroxyl groups is 1. The molecule has 1 spiro atoms. The van der Waals surface area contributed by atoms with Crippen molar-refractivity contribution < 1.29 is 24.6 Å². The average Bonchev–Trinajstić information content (AvgIpc) is 3.45. The van der Waals surface area contributed by atoms with Gasteiger partial charge in [0.25, 0.3) is 0 Å². The molecule has 1 aromatic carbocycles. The SMILES string of the molecule is C=CCN(C(=O)C1N([C@H](CO)c2ccccc2)C(=O)[C@@H]2[C@@H](C(=O)O)[C@@]3(C)CCC12S3)C1CCCCC1. The summed E-state index contributed by atoms with van der Waals surface area (Å²) in [6.07, 6.45) is 8.11. The molecule has 0 aromatic heterocycles. The summed E-state index contributed by atoms with van der Waals surface area (Å²) in [6.45, 7) is 5.89. The van der Waals surface area contributed by atoms with Gasteiger partial charge in [0.05, 0.1) is 29.2 Å². The van der Waals surface area contributed by atoms with Gasteiger partial charge in [0, 0.05) is 17.3 Å². The van der Waals surface area contributed by atoms with Crippen molar-refractivity contribution in [1.82, 2.24) is 9.80 Å². The number of carboxylic acids is 1. The number of thioether (sulfide) groups is 1. The smallest absolute Gasteiger partial charge is 0.308 e. The summed E-state index contributed by atoms with van der Waals surface area (Å²) in [7, 11) is 0. The van der Waals surface area contributed by atoms with E-state index in [1.165, 1.54) is 11.8 Å². The lowest BCUT2D eigenvalue weighted by molar-refractivity contribution is -0.151. The minimum absolute atomic E-state index is 0.0791. The Bertz CT molecular complexity index is 1040. The van der Waals surface area contributed by atoms with E-state index in [2.05, 4.69) is 6.58 Å². The number of hydrogen-bond acceptors (Lipinski definition) is 5. The molecule has 0 radical (unpaired) electrons. The molecule has 4 aliphatic rings. The van der Waals surface area contributed by atoms with Gasteiger partial charge >= 0.3 is 5.97 Å². The fourth-order valence-corrected chi connectivity index (χ4v) is 9.82. The summed E-state index contributed by atoms with van der Waals surface area (Å²) in [4.78, 5) is 44.8. The highest BCUT2D eigenvalue weighted by Crippen LogP contribution is 2.72. The first-order valence-electron chi connectivity index (χ1n) is 13.1. The molecule has 1 aliphatic carbocycles. The lowest BCUT2D eigenvalue weighted by Crippen LogP contribution is -2.57. The number of amides is 2. The number of nitrogens with zero attached hydrogens (tertiary/aromatic N) is 2. The third kappa shape index (κ3) is 3.71. The highest BCUT2D eigenvalue weighted by molar-refractivity contribution is 8.02. The fraction of sp³-hybridized carbons (Fsp3) is 0.607. The van der Waals surface area contributed by atoms with Gasteiger partial charge < -0.3 is 20.0 Å². The Kier molecular flexibility index (Phi) is 6.70. The molecule has 194 valence electrons. The molecule has 4 fully saturated rings. The molecule has 3 saturated heterocycles. The molecule has 1 saturated carbocycles. The van der Waals surface area contributed by atoms with Gasteiger partial charge in [-0.05, 0) is 38.2 Å². The molecule has 1 aromatic rings. The maximum Gasteiger partial charge on any atom is 0.308 e. The van der Waals surface area contributed by atoms with Crippen LogP contribution in [0.25, 0.3) is 0 Å². The molecule has 8 heteroatoms. The zero-order valence-electron chi connectivity index (χ0n) is 20.8. The van der Waals surface area contributed by atoms with Crippen LogP contribution >= 0.6 is 11.8 Å². The van der Waals surface area contributed by atoms with Crippen LogP contribution in [0.1, 0.15) is 63.5 Å². The monoisotopic (exact) mass is 512 g/mol. The first kappa shape index (κ1) is 25.3. The highest BCUT2D eigenvalue weighted by Gasteiger charge is 2.78. The van der Waals surface area contributed by atoms with E-state index in [1.807, 2.05) is 42.2 Å². The number of carbonyl (C=O) groups is 3. The molecule has 5 rings (SSSR count). The summed E-state index contributed by atoms with van der Waals surface area (Å²) >= 11 is 1.54. The van der Waals surface area contributed by atoms with Crippen LogP contribution in [0.15, 0.2) is 43.0 Å². The Morgan fingerprint density at radius 1 is 1.22 bits per heavy atom. The molecule has 3 heterocycles. The second-order valence-corrected chi connectivity index (χ2v) is 12.9. The zero-order valence-corrected chi connectivity index (χ0v) is 21.7. The van der Waals surface area contributed by atoms with Crippen LogP contribution < -0.4 is 0 Å². The van der Waals surface area contributed by atoms with Crippen LogP contribution in [0.4, 0.5) is 0 Å². The Labute approximate surface area is 216 Å². The Hall–Kier alpha value is -2.32. The maximum atomic E-state index is 14.6. The van der Waals surface area contributed by atoms with Gasteiger partial charge in [-0.3, -0.25) is 14.4 Å². The molecule has 2 amide bonds. The van der Waals surface area contributed by atoms with E-state index in [1.54, 1.807) is 11.0 Å². The number of rotatable bonds is 8. The molecular weight excluding hydrogens is 476 g/mol.